The minimum absolute atomic E-state index is 0.0223. The molecule has 0 bridgehead atoms. The highest BCUT2D eigenvalue weighted by atomic mass is 35.5. The van der Waals surface area contributed by atoms with Crippen molar-refractivity contribution in [2.75, 3.05) is 0 Å². The maximum atomic E-state index is 13.7. The molecule has 0 saturated heterocycles. The molecule has 5 N–H and O–H groups in total. The Hall–Kier alpha value is -8.69. The molecule has 11 aromatic carbocycles. The fourth-order valence-electron chi connectivity index (χ4n) is 26.1. The van der Waals surface area contributed by atoms with Crippen LogP contribution in [0, 0.1) is 26.6 Å². The molecule has 21 rings (SSSR count). The smallest absolute Gasteiger partial charge is 0.202 e. The van der Waals surface area contributed by atoms with E-state index in [1.165, 1.54) is 191 Å². The van der Waals surface area contributed by atoms with E-state index >= 15 is 0 Å². The highest BCUT2D eigenvalue weighted by molar-refractivity contribution is 7.23. The first kappa shape index (κ1) is 109. The number of allylic oxidation sites excluding steroid dienone is 10. The van der Waals surface area contributed by atoms with E-state index in [0.717, 1.165) is 10.0 Å². The van der Waals surface area contributed by atoms with Crippen LogP contribution in [0.5, 0.6) is 0 Å². The van der Waals surface area contributed by atoms with Crippen LogP contribution in [0.2, 0.25) is 36.2 Å². The molecule has 5 nitrogen and oxygen atoms in total. The van der Waals surface area contributed by atoms with Crippen molar-refractivity contribution in [2.45, 2.75) is 275 Å². The molecule has 5 aromatic heterocycles. The minimum Gasteiger partial charge on any atom is -0.329 e. The predicted molar refractivity (Wildman–Crippen MR) is 661 cm³/mol. The van der Waals surface area contributed by atoms with Crippen LogP contribution < -0.4 is 56.0 Å². The molecule has 0 spiro atoms. The van der Waals surface area contributed by atoms with Crippen LogP contribution in [0.15, 0.2) is 295 Å². The SMILES string of the molecule is CC1=C(C)C([Si](C)(NC(C)(C)C)c2c(C)cc(C)cc2C)c2sc3ccccc3c21.CC1=C(C)C([Si](C)(NC(C)(C)C)c2ccc(Cl)cc2)c2sc3ccccc3c21.CC1=C(C)C([Si](C)(NC(C)(C)C)c2ccc(F)cc2)c2sc3ccccc3c21.CC1=C(C)C([Si](C)(NC(C)(C)C)c2cccc(Cl)c2)c2sc3ccccc3c21.CC1=C(C)C([Si](NC(C)(C)C)(c2ccccc2)c2ccccc2)c2sc3ccccc3c21. The van der Waals surface area contributed by atoms with Crippen molar-refractivity contribution < 1.29 is 4.39 Å². The summed E-state index contributed by atoms with van der Waals surface area (Å²) in [5, 5.41) is 17.2. The zero-order valence-corrected chi connectivity index (χ0v) is 103. The number of benzene rings is 11. The van der Waals surface area contributed by atoms with Crippen molar-refractivity contribution in [1.82, 2.24) is 24.9 Å². The van der Waals surface area contributed by atoms with E-state index in [0.29, 0.717) is 27.7 Å². The molecule has 18 heteroatoms. The Labute approximate surface area is 906 Å². The van der Waals surface area contributed by atoms with E-state index in [4.69, 9.17) is 23.2 Å². The van der Waals surface area contributed by atoms with Crippen LogP contribution >= 0.6 is 79.9 Å². The average molecular weight is 2150 g/mol. The first-order chi connectivity index (χ1) is 68.6. The Morgan fingerprint density at radius 2 is 0.493 bits per heavy atom. The standard InChI is InChI=1S/C29H31NSSi.C27H35NSSi.2C24H28ClNSSi.C24H28FNSSi/c1-20-21(2)28(27-26(20)24-18-12-13-19-25(24)31-27)32(30-29(3,4)5,22-14-8-6-9-15-22)23-16-10-7-11-17-23;1-16-14-17(2)25(18(3)15-16)30(9,28-27(6,7)8)26-20(5)19(4)23-21-12-10-11-13-22(21)29-24(23)26;1-15-16(2)23(22-21(15)19-12-7-8-13-20(19)27-22)28(6,26-24(3,4)5)18-11-9-10-17(25)14-18;2*1-15-16(2)23(22-21(15)19-9-7-8-10-20(19)27-22)28(6,26-24(3,4)5)18-13-11-17(25)12-14-18/h6-19,28,30H,1-5H3;10-15,26,28H,1-9H3;3*7-14,23,26H,1-6H3. The summed E-state index contributed by atoms with van der Waals surface area (Å²) in [6.45, 7) is 74.3. The van der Waals surface area contributed by atoms with Crippen LogP contribution in [0.4, 0.5) is 4.39 Å². The van der Waals surface area contributed by atoms with E-state index < -0.39 is 41.2 Å². The van der Waals surface area contributed by atoms with Gasteiger partial charge < -0.3 is 24.9 Å². The molecular weight excluding hydrogens is 2000 g/mol. The first-order valence-corrected chi connectivity index (χ1v) is 69.2. The summed E-state index contributed by atoms with van der Waals surface area (Å²) in [4.78, 5) is 28.5. The van der Waals surface area contributed by atoms with Crippen LogP contribution in [0.25, 0.3) is 78.3 Å². The third kappa shape index (κ3) is 20.6. The van der Waals surface area contributed by atoms with Gasteiger partial charge in [-0.05, 0) is 359 Å². The van der Waals surface area contributed by atoms with Gasteiger partial charge in [-0.2, -0.15) is 0 Å². The summed E-state index contributed by atoms with van der Waals surface area (Å²) < 4.78 is 20.7. The number of hydrogen-bond donors (Lipinski definition) is 5. The van der Waals surface area contributed by atoms with Crippen LogP contribution in [0.1, 0.15) is 270 Å². The van der Waals surface area contributed by atoms with Gasteiger partial charge in [0.25, 0.3) is 0 Å². The van der Waals surface area contributed by atoms with Crippen molar-refractivity contribution in [3.05, 3.63) is 380 Å². The lowest BCUT2D eigenvalue weighted by molar-refractivity contribution is 0.510. The van der Waals surface area contributed by atoms with Gasteiger partial charge in [0.1, 0.15) is 5.82 Å². The molecule has 9 unspecified atom stereocenters. The Morgan fingerprint density at radius 1 is 0.247 bits per heavy atom. The zero-order chi connectivity index (χ0) is 105. The van der Waals surface area contributed by atoms with Gasteiger partial charge in [-0.1, -0.05) is 283 Å². The monoisotopic (exact) mass is 2150 g/mol. The van der Waals surface area contributed by atoms with Gasteiger partial charge in [0.15, 0.2) is 32.9 Å². The Balaban J connectivity index is 0.000000125. The highest BCUT2D eigenvalue weighted by Gasteiger charge is 2.56. The highest BCUT2D eigenvalue weighted by Crippen LogP contribution is 2.59. The minimum atomic E-state index is -2.47. The summed E-state index contributed by atoms with van der Waals surface area (Å²) in [7, 11) is -11.1. The van der Waals surface area contributed by atoms with E-state index in [-0.39, 0.29) is 33.5 Å². The molecular formula is C128H150Cl2FN5S5Si5. The number of fused-ring (bicyclic) bond motifs is 15. The number of halogens is 3. The molecule has 5 heterocycles. The molecule has 9 atom stereocenters. The number of hydrogen-bond acceptors (Lipinski definition) is 10. The Bertz CT molecular complexity index is 7620. The van der Waals surface area contributed by atoms with Crippen LogP contribution in [-0.2, 0) is 0 Å². The van der Waals surface area contributed by atoms with Crippen LogP contribution in [0.3, 0.4) is 0 Å². The molecule has 16 aromatic rings. The van der Waals surface area contributed by atoms with Crippen molar-refractivity contribution in [1.29, 1.82) is 0 Å². The lowest BCUT2D eigenvalue weighted by Gasteiger charge is -2.44. The molecule has 5 aliphatic carbocycles. The van der Waals surface area contributed by atoms with Crippen molar-refractivity contribution in [3.8, 4) is 0 Å². The summed E-state index contributed by atoms with van der Waals surface area (Å²) in [6, 6.07) is 95.9. The molecule has 0 amide bonds. The lowest BCUT2D eigenvalue weighted by Crippen LogP contribution is -2.76. The van der Waals surface area contributed by atoms with Gasteiger partial charge in [-0.25, -0.2) is 4.39 Å². The summed E-state index contributed by atoms with van der Waals surface area (Å²) in [6.07, 6.45) is 0. The largest absolute Gasteiger partial charge is 0.329 e. The van der Waals surface area contributed by atoms with Gasteiger partial charge in [-0.3, -0.25) is 0 Å². The maximum absolute atomic E-state index is 13.7. The maximum Gasteiger partial charge on any atom is 0.202 e. The van der Waals surface area contributed by atoms with Gasteiger partial charge >= 0.3 is 0 Å². The molecule has 0 aliphatic heterocycles. The third-order valence-electron chi connectivity index (χ3n) is 31.2. The van der Waals surface area contributed by atoms with Gasteiger partial charge in [0, 0.05) is 140 Å². The van der Waals surface area contributed by atoms with Crippen LogP contribution in [-0.4, -0.2) is 68.9 Å². The van der Waals surface area contributed by atoms with Gasteiger partial charge in [0.2, 0.25) is 8.24 Å². The van der Waals surface area contributed by atoms with Gasteiger partial charge in [-0.15, -0.1) is 56.7 Å². The zero-order valence-electron chi connectivity index (χ0n) is 92.0. The quantitative estimate of drug-likeness (QED) is 0.0624. The first-order valence-electron chi connectivity index (χ1n) is 52.0. The summed E-state index contributed by atoms with van der Waals surface area (Å²) in [5.74, 6) is -0.173. The van der Waals surface area contributed by atoms with E-state index in [2.05, 4.69) is 469 Å². The van der Waals surface area contributed by atoms with Crippen molar-refractivity contribution >= 4 is 230 Å². The second kappa shape index (κ2) is 41.1. The normalized spacial score (nSPS) is 18.5. The lowest BCUT2D eigenvalue weighted by atomic mass is 10.1. The molecule has 0 radical (unpaired) electrons. The second-order valence-corrected chi connectivity index (χ2v) is 73.0. The molecule has 758 valence electrons. The number of aryl methyl sites for hydroxylation is 3. The van der Waals surface area contributed by atoms with E-state index in [1.54, 1.807) is 27.8 Å². The van der Waals surface area contributed by atoms with Crippen molar-refractivity contribution in [3.63, 3.8) is 0 Å². The molecule has 5 aliphatic rings. The van der Waals surface area contributed by atoms with Crippen molar-refractivity contribution in [2.24, 2.45) is 0 Å². The van der Waals surface area contributed by atoms with Gasteiger partial charge in [0.05, 0.1) is 0 Å². The number of thiophene rings is 5. The third-order valence-corrected chi connectivity index (χ3v) is 63.2. The molecule has 146 heavy (non-hydrogen) atoms. The number of nitrogens with one attached hydrogen (secondary N) is 5. The second-order valence-electron chi connectivity index (χ2n) is 47.9. The van der Waals surface area contributed by atoms with E-state index in [1.807, 2.05) is 87.0 Å². The molecule has 0 fully saturated rings. The Morgan fingerprint density at radius 3 is 0.788 bits per heavy atom. The number of rotatable bonds is 16. The Kier molecular flexibility index (Phi) is 30.6. The van der Waals surface area contributed by atoms with E-state index in [9.17, 15) is 4.39 Å². The average Bonchev–Trinajstić information content (AvgIpc) is 1.56. The summed E-state index contributed by atoms with van der Waals surface area (Å²) >= 11 is 22.6. The summed E-state index contributed by atoms with van der Waals surface area (Å²) in [5.41, 5.74) is 28.6. The predicted octanol–water partition coefficient (Wildman–Crippen LogP) is 33.7. The topological polar surface area (TPSA) is 60.1 Å². The fourth-order valence-corrected chi connectivity index (χ4v) is 62.9. The molecule has 0 saturated carbocycles. The fraction of sp³-hybridized carbons (Fsp3) is 0.328.